The van der Waals surface area contributed by atoms with Gasteiger partial charge >= 0.3 is 0 Å². The van der Waals surface area contributed by atoms with Crippen LogP contribution in [-0.4, -0.2) is 29.6 Å². The van der Waals surface area contributed by atoms with Crippen LogP contribution in [0.2, 0.25) is 0 Å². The number of rotatable bonds is 8. The number of hydrogen-bond donors (Lipinski definition) is 2. The third kappa shape index (κ3) is 6.50. The molecule has 0 fully saturated rings. The molecule has 0 aliphatic carbocycles. The molecule has 0 bridgehead atoms. The van der Waals surface area contributed by atoms with E-state index >= 15 is 0 Å². The number of ether oxygens (including phenoxy) is 1. The van der Waals surface area contributed by atoms with Gasteiger partial charge in [-0.3, -0.25) is 19.7 Å². The standard InChI is InChI=1S/C22H18N4O5/c27-21(24-18-6-2-1-3-7-18)15-31-20-11-9-16(10-12-20)14-23-25-22(28)17-5-4-8-19(13-17)26(29)30/h1-14H,15H2,(H,24,27)(H,25,28)/b23-14-. The SMILES string of the molecule is O=C(COc1ccc(/C=N\NC(=O)c2cccc([N+](=O)[O-])c2)cc1)Nc1ccccc1. The van der Waals surface area contributed by atoms with E-state index in [4.69, 9.17) is 4.74 Å². The summed E-state index contributed by atoms with van der Waals surface area (Å²) in [5.74, 6) is -0.342. The normalized spacial score (nSPS) is 10.5. The molecule has 156 valence electrons. The van der Waals surface area contributed by atoms with Crippen LogP contribution in [-0.2, 0) is 4.79 Å². The number of para-hydroxylation sites is 1. The summed E-state index contributed by atoms with van der Waals surface area (Å²) >= 11 is 0. The van der Waals surface area contributed by atoms with E-state index in [1.165, 1.54) is 30.5 Å². The lowest BCUT2D eigenvalue weighted by Gasteiger charge is -2.07. The summed E-state index contributed by atoms with van der Waals surface area (Å²) in [5, 5.41) is 17.3. The number of benzene rings is 3. The van der Waals surface area contributed by atoms with Crippen LogP contribution < -0.4 is 15.5 Å². The van der Waals surface area contributed by atoms with Gasteiger partial charge in [0, 0.05) is 23.4 Å². The van der Waals surface area contributed by atoms with Gasteiger partial charge in [-0.15, -0.1) is 0 Å². The molecular weight excluding hydrogens is 400 g/mol. The Morgan fingerprint density at radius 1 is 1.00 bits per heavy atom. The number of anilines is 1. The van der Waals surface area contributed by atoms with Crippen LogP contribution >= 0.6 is 0 Å². The van der Waals surface area contributed by atoms with Crippen LogP contribution in [0.25, 0.3) is 0 Å². The first kappa shape index (κ1) is 21.2. The molecule has 3 rings (SSSR count). The van der Waals surface area contributed by atoms with Crippen molar-refractivity contribution in [2.75, 3.05) is 11.9 Å². The second-order valence-electron chi connectivity index (χ2n) is 6.28. The maximum absolute atomic E-state index is 12.0. The van der Waals surface area contributed by atoms with E-state index in [2.05, 4.69) is 15.8 Å². The van der Waals surface area contributed by atoms with Crippen molar-refractivity contribution in [2.45, 2.75) is 0 Å². The maximum Gasteiger partial charge on any atom is 0.271 e. The van der Waals surface area contributed by atoms with E-state index in [-0.39, 0.29) is 23.8 Å². The number of carbonyl (C=O) groups is 2. The number of non-ortho nitro benzene ring substituents is 1. The molecule has 3 aromatic carbocycles. The van der Waals surface area contributed by atoms with Gasteiger partial charge in [-0.25, -0.2) is 5.43 Å². The smallest absolute Gasteiger partial charge is 0.271 e. The number of carbonyl (C=O) groups excluding carboxylic acids is 2. The van der Waals surface area contributed by atoms with E-state index in [0.29, 0.717) is 17.0 Å². The molecule has 0 saturated carbocycles. The van der Waals surface area contributed by atoms with Gasteiger partial charge in [0.15, 0.2) is 6.61 Å². The van der Waals surface area contributed by atoms with E-state index in [1.807, 2.05) is 18.2 Å². The number of nitrogens with one attached hydrogen (secondary N) is 2. The van der Waals surface area contributed by atoms with Gasteiger partial charge in [-0.2, -0.15) is 5.10 Å². The molecule has 2 N–H and O–H groups in total. The minimum absolute atomic E-state index is 0.129. The van der Waals surface area contributed by atoms with Crippen molar-refractivity contribution in [3.8, 4) is 5.75 Å². The molecular formula is C22H18N4O5. The first-order valence-electron chi connectivity index (χ1n) is 9.17. The lowest BCUT2D eigenvalue weighted by Crippen LogP contribution is -2.20. The Hall–Kier alpha value is -4.53. The highest BCUT2D eigenvalue weighted by atomic mass is 16.6. The molecule has 0 atom stereocenters. The predicted molar refractivity (Wildman–Crippen MR) is 115 cm³/mol. The van der Waals surface area contributed by atoms with Crippen LogP contribution in [0, 0.1) is 10.1 Å². The summed E-state index contributed by atoms with van der Waals surface area (Å²) in [6.45, 7) is -0.137. The Morgan fingerprint density at radius 2 is 1.74 bits per heavy atom. The zero-order valence-electron chi connectivity index (χ0n) is 16.2. The summed E-state index contributed by atoms with van der Waals surface area (Å²) in [4.78, 5) is 34.1. The highest BCUT2D eigenvalue weighted by Crippen LogP contribution is 2.13. The highest BCUT2D eigenvalue weighted by Gasteiger charge is 2.10. The summed E-state index contributed by atoms with van der Waals surface area (Å²) < 4.78 is 5.44. The molecule has 9 heteroatoms. The molecule has 3 aromatic rings. The average molecular weight is 418 g/mol. The Labute approximate surface area is 177 Å². The van der Waals surface area contributed by atoms with Crippen molar-refractivity contribution in [3.05, 3.63) is 100 Å². The second kappa shape index (κ2) is 10.3. The topological polar surface area (TPSA) is 123 Å². The molecule has 0 aliphatic rings. The summed E-state index contributed by atoms with van der Waals surface area (Å²) in [7, 11) is 0. The fraction of sp³-hybridized carbons (Fsp3) is 0.0455. The summed E-state index contributed by atoms with van der Waals surface area (Å²) in [6.07, 6.45) is 1.42. The minimum atomic E-state index is -0.574. The van der Waals surface area contributed by atoms with E-state index in [9.17, 15) is 19.7 Å². The minimum Gasteiger partial charge on any atom is -0.484 e. The molecule has 0 aromatic heterocycles. The quantitative estimate of drug-likeness (QED) is 0.330. The highest BCUT2D eigenvalue weighted by molar-refractivity contribution is 5.95. The van der Waals surface area contributed by atoms with Gasteiger partial charge in [0.25, 0.3) is 17.5 Å². The molecule has 0 saturated heterocycles. The van der Waals surface area contributed by atoms with Crippen molar-refractivity contribution < 1.29 is 19.2 Å². The van der Waals surface area contributed by atoms with E-state index in [0.717, 1.165) is 0 Å². The lowest BCUT2D eigenvalue weighted by molar-refractivity contribution is -0.384. The first-order chi connectivity index (χ1) is 15.0. The molecule has 0 radical (unpaired) electrons. The Morgan fingerprint density at radius 3 is 2.45 bits per heavy atom. The van der Waals surface area contributed by atoms with Crippen LogP contribution in [0.4, 0.5) is 11.4 Å². The van der Waals surface area contributed by atoms with Crippen LogP contribution in [0.15, 0.2) is 84.0 Å². The maximum atomic E-state index is 12.0. The number of hydrazone groups is 1. The monoisotopic (exact) mass is 418 g/mol. The number of nitro benzene ring substituents is 1. The lowest BCUT2D eigenvalue weighted by atomic mass is 10.2. The Bertz CT molecular complexity index is 1100. The zero-order valence-corrected chi connectivity index (χ0v) is 16.2. The van der Waals surface area contributed by atoms with Crippen molar-refractivity contribution in [1.82, 2.24) is 5.43 Å². The number of hydrogen-bond acceptors (Lipinski definition) is 6. The number of nitrogens with zero attached hydrogens (tertiary/aromatic N) is 2. The fourth-order valence-corrected chi connectivity index (χ4v) is 2.51. The summed E-state index contributed by atoms with van der Waals surface area (Å²) in [5.41, 5.74) is 3.64. The van der Waals surface area contributed by atoms with Crippen molar-refractivity contribution in [2.24, 2.45) is 5.10 Å². The van der Waals surface area contributed by atoms with Gasteiger partial charge in [-0.1, -0.05) is 24.3 Å². The third-order valence-electron chi connectivity index (χ3n) is 4.01. The van der Waals surface area contributed by atoms with Crippen LogP contribution in [0.3, 0.4) is 0 Å². The molecule has 9 nitrogen and oxygen atoms in total. The van der Waals surface area contributed by atoms with E-state index in [1.54, 1.807) is 36.4 Å². The Kier molecular flexibility index (Phi) is 7.04. The number of amides is 2. The largest absolute Gasteiger partial charge is 0.484 e. The fourth-order valence-electron chi connectivity index (χ4n) is 2.51. The zero-order chi connectivity index (χ0) is 22.1. The number of nitro groups is 1. The van der Waals surface area contributed by atoms with Gasteiger partial charge < -0.3 is 10.1 Å². The average Bonchev–Trinajstić information content (AvgIpc) is 2.79. The molecule has 0 spiro atoms. The van der Waals surface area contributed by atoms with Crippen molar-refractivity contribution >= 4 is 29.4 Å². The van der Waals surface area contributed by atoms with Gasteiger partial charge in [0.1, 0.15) is 5.75 Å². The molecule has 31 heavy (non-hydrogen) atoms. The van der Waals surface area contributed by atoms with Crippen LogP contribution in [0.5, 0.6) is 5.75 Å². The van der Waals surface area contributed by atoms with Gasteiger partial charge in [0.2, 0.25) is 0 Å². The third-order valence-corrected chi connectivity index (χ3v) is 4.01. The molecule has 0 aliphatic heterocycles. The van der Waals surface area contributed by atoms with E-state index < -0.39 is 10.8 Å². The predicted octanol–water partition coefficient (Wildman–Crippen LogP) is 3.38. The summed E-state index contributed by atoms with van der Waals surface area (Å²) in [6, 6.07) is 21.2. The van der Waals surface area contributed by atoms with Crippen molar-refractivity contribution in [1.29, 1.82) is 0 Å². The van der Waals surface area contributed by atoms with Gasteiger partial charge in [0.05, 0.1) is 11.1 Å². The van der Waals surface area contributed by atoms with Gasteiger partial charge in [-0.05, 0) is 48.0 Å². The first-order valence-corrected chi connectivity index (χ1v) is 9.17. The van der Waals surface area contributed by atoms with Crippen LogP contribution in [0.1, 0.15) is 15.9 Å². The molecule has 0 heterocycles. The van der Waals surface area contributed by atoms with Crippen molar-refractivity contribution in [3.63, 3.8) is 0 Å². The molecule has 0 unspecified atom stereocenters. The second-order valence-corrected chi connectivity index (χ2v) is 6.28. The Balaban J connectivity index is 1.48. The molecule has 2 amide bonds.